The van der Waals surface area contributed by atoms with Crippen LogP contribution in [0.1, 0.15) is 5.56 Å². The van der Waals surface area contributed by atoms with Gasteiger partial charge in [0.1, 0.15) is 11.5 Å². The Balaban J connectivity index is 1.58. The average Bonchev–Trinajstić information content (AvgIpc) is 3.02. The van der Waals surface area contributed by atoms with Crippen LogP contribution in [0.5, 0.6) is 11.5 Å². The minimum Gasteiger partial charge on any atom is -0.457 e. The van der Waals surface area contributed by atoms with Gasteiger partial charge >= 0.3 is 0 Å². The highest BCUT2D eigenvalue weighted by atomic mass is 32.1. The molecule has 0 saturated heterocycles. The molecule has 106 valence electrons. The number of benzene rings is 2. The van der Waals surface area contributed by atoms with Gasteiger partial charge in [0.05, 0.1) is 0 Å². The summed E-state index contributed by atoms with van der Waals surface area (Å²) in [5.74, 6) is 1.70. The molecule has 21 heavy (non-hydrogen) atoms. The molecule has 3 aromatic rings. The first-order valence-corrected chi connectivity index (χ1v) is 7.92. The highest BCUT2D eigenvalue weighted by Gasteiger charge is 1.99. The van der Waals surface area contributed by atoms with Crippen molar-refractivity contribution < 1.29 is 4.74 Å². The minimum absolute atomic E-state index is 0.849. The molecular weight excluding hydrogens is 278 g/mol. The minimum atomic E-state index is 0.849. The van der Waals surface area contributed by atoms with Crippen LogP contribution in [-0.2, 0) is 6.42 Å². The van der Waals surface area contributed by atoms with Crippen molar-refractivity contribution in [3.63, 3.8) is 0 Å². The zero-order chi connectivity index (χ0) is 14.3. The molecule has 1 heterocycles. The summed E-state index contributed by atoms with van der Waals surface area (Å²) in [6.45, 7) is 0.922. The van der Waals surface area contributed by atoms with Gasteiger partial charge in [-0.3, -0.25) is 0 Å². The summed E-state index contributed by atoms with van der Waals surface area (Å²) in [5.41, 5.74) is 2.46. The summed E-state index contributed by atoms with van der Waals surface area (Å²) in [4.78, 5) is 0. The molecule has 0 radical (unpaired) electrons. The third-order valence-corrected chi connectivity index (χ3v) is 3.87. The van der Waals surface area contributed by atoms with Crippen molar-refractivity contribution in [1.29, 1.82) is 0 Å². The van der Waals surface area contributed by atoms with Crippen molar-refractivity contribution in [2.24, 2.45) is 0 Å². The molecule has 0 amide bonds. The van der Waals surface area contributed by atoms with Crippen LogP contribution in [0, 0.1) is 0 Å². The van der Waals surface area contributed by atoms with Gasteiger partial charge in [-0.15, -0.1) is 0 Å². The van der Waals surface area contributed by atoms with Crippen LogP contribution in [0.3, 0.4) is 0 Å². The number of hydrogen-bond acceptors (Lipinski definition) is 3. The molecule has 0 unspecified atom stereocenters. The summed E-state index contributed by atoms with van der Waals surface area (Å²) in [6, 6.07) is 20.1. The maximum atomic E-state index is 5.83. The highest BCUT2D eigenvalue weighted by Crippen LogP contribution is 2.23. The number of nitrogens with one attached hydrogen (secondary N) is 1. The number of para-hydroxylation sites is 1. The first-order valence-electron chi connectivity index (χ1n) is 6.98. The van der Waals surface area contributed by atoms with E-state index in [9.17, 15) is 0 Å². The van der Waals surface area contributed by atoms with Crippen LogP contribution in [0.2, 0.25) is 0 Å². The van der Waals surface area contributed by atoms with Gasteiger partial charge < -0.3 is 10.1 Å². The molecule has 0 saturated carbocycles. The maximum Gasteiger partial charge on any atom is 0.129 e. The molecule has 0 fully saturated rings. The Hall–Kier alpha value is -2.26. The smallest absolute Gasteiger partial charge is 0.129 e. The summed E-state index contributed by atoms with van der Waals surface area (Å²) in [6.07, 6.45) is 1.03. The van der Waals surface area contributed by atoms with E-state index < -0.39 is 0 Å². The largest absolute Gasteiger partial charge is 0.457 e. The zero-order valence-electron chi connectivity index (χ0n) is 11.7. The van der Waals surface area contributed by atoms with Crippen LogP contribution in [0.25, 0.3) is 0 Å². The lowest BCUT2D eigenvalue weighted by atomic mass is 10.2. The number of thiophene rings is 1. The van der Waals surface area contributed by atoms with E-state index >= 15 is 0 Å². The first kappa shape index (κ1) is 13.7. The molecule has 0 atom stereocenters. The topological polar surface area (TPSA) is 21.3 Å². The molecule has 0 bridgehead atoms. The first-order chi connectivity index (χ1) is 10.4. The Morgan fingerprint density at radius 2 is 1.76 bits per heavy atom. The predicted molar refractivity (Wildman–Crippen MR) is 89.5 cm³/mol. The fraction of sp³-hybridized carbons (Fsp3) is 0.111. The summed E-state index contributed by atoms with van der Waals surface area (Å²) in [7, 11) is 0. The fourth-order valence-electron chi connectivity index (χ4n) is 2.08. The highest BCUT2D eigenvalue weighted by molar-refractivity contribution is 7.07. The normalized spacial score (nSPS) is 10.3. The van der Waals surface area contributed by atoms with E-state index in [0.717, 1.165) is 30.2 Å². The second kappa shape index (κ2) is 6.95. The average molecular weight is 295 g/mol. The van der Waals surface area contributed by atoms with Crippen molar-refractivity contribution in [3.05, 3.63) is 77.0 Å². The van der Waals surface area contributed by atoms with Gasteiger partial charge in [0, 0.05) is 18.3 Å². The number of ether oxygens (including phenoxy) is 1. The van der Waals surface area contributed by atoms with Crippen molar-refractivity contribution >= 4 is 17.0 Å². The predicted octanol–water partition coefficient (Wildman–Crippen LogP) is 5.20. The van der Waals surface area contributed by atoms with Crippen molar-refractivity contribution in [2.75, 3.05) is 11.9 Å². The lowest BCUT2D eigenvalue weighted by Gasteiger charge is -2.09. The maximum absolute atomic E-state index is 5.83. The van der Waals surface area contributed by atoms with Crippen molar-refractivity contribution in [1.82, 2.24) is 0 Å². The molecule has 1 aromatic heterocycles. The van der Waals surface area contributed by atoms with Gasteiger partial charge in [-0.1, -0.05) is 24.3 Å². The molecular formula is C18H17NOS. The fourth-order valence-corrected chi connectivity index (χ4v) is 2.78. The van der Waals surface area contributed by atoms with Crippen molar-refractivity contribution in [2.45, 2.75) is 6.42 Å². The van der Waals surface area contributed by atoms with E-state index in [1.807, 2.05) is 48.5 Å². The van der Waals surface area contributed by atoms with Crippen LogP contribution in [0.4, 0.5) is 5.69 Å². The molecule has 3 rings (SSSR count). The monoisotopic (exact) mass is 295 g/mol. The van der Waals surface area contributed by atoms with Gasteiger partial charge in [-0.05, 0) is 53.1 Å². The van der Waals surface area contributed by atoms with E-state index in [2.05, 4.69) is 28.2 Å². The molecule has 0 aliphatic rings. The number of rotatable bonds is 6. The second-order valence-electron chi connectivity index (χ2n) is 4.75. The molecule has 0 aliphatic carbocycles. The Morgan fingerprint density at radius 3 is 2.57 bits per heavy atom. The van der Waals surface area contributed by atoms with Gasteiger partial charge in [0.15, 0.2) is 0 Å². The second-order valence-corrected chi connectivity index (χ2v) is 5.53. The van der Waals surface area contributed by atoms with Gasteiger partial charge in [-0.25, -0.2) is 0 Å². The van der Waals surface area contributed by atoms with E-state index in [1.54, 1.807) is 11.3 Å². The molecule has 2 aromatic carbocycles. The SMILES string of the molecule is c1ccc(Oc2cccc(NCCc3ccsc3)c2)cc1. The van der Waals surface area contributed by atoms with Gasteiger partial charge in [-0.2, -0.15) is 11.3 Å². The van der Waals surface area contributed by atoms with E-state index in [4.69, 9.17) is 4.74 Å². The molecule has 0 aliphatic heterocycles. The zero-order valence-corrected chi connectivity index (χ0v) is 12.5. The lowest BCUT2D eigenvalue weighted by Crippen LogP contribution is -2.04. The summed E-state index contributed by atoms with van der Waals surface area (Å²) >= 11 is 1.74. The molecule has 3 heteroatoms. The Kier molecular flexibility index (Phi) is 4.54. The van der Waals surface area contributed by atoms with Crippen LogP contribution in [0.15, 0.2) is 71.4 Å². The third-order valence-electron chi connectivity index (χ3n) is 3.14. The van der Waals surface area contributed by atoms with E-state index in [0.29, 0.717) is 0 Å². The van der Waals surface area contributed by atoms with Crippen molar-refractivity contribution in [3.8, 4) is 11.5 Å². The molecule has 2 nitrogen and oxygen atoms in total. The van der Waals surface area contributed by atoms with Crippen LogP contribution >= 0.6 is 11.3 Å². The Morgan fingerprint density at radius 1 is 0.905 bits per heavy atom. The Bertz CT molecular complexity index is 665. The van der Waals surface area contributed by atoms with E-state index in [-0.39, 0.29) is 0 Å². The van der Waals surface area contributed by atoms with Crippen LogP contribution in [-0.4, -0.2) is 6.54 Å². The van der Waals surface area contributed by atoms with E-state index in [1.165, 1.54) is 5.56 Å². The van der Waals surface area contributed by atoms with Crippen LogP contribution < -0.4 is 10.1 Å². The quantitative estimate of drug-likeness (QED) is 0.675. The standard InChI is InChI=1S/C18H17NOS/c1-2-6-17(7-3-1)20-18-8-4-5-16(13-18)19-11-9-15-10-12-21-14-15/h1-8,10,12-14,19H,9,11H2. The van der Waals surface area contributed by atoms with Gasteiger partial charge in [0.25, 0.3) is 0 Å². The summed E-state index contributed by atoms with van der Waals surface area (Å²) < 4.78 is 5.83. The van der Waals surface area contributed by atoms with Gasteiger partial charge in [0.2, 0.25) is 0 Å². The number of hydrogen-bond donors (Lipinski definition) is 1. The molecule has 0 spiro atoms. The molecule has 1 N–H and O–H groups in total. The summed E-state index contributed by atoms with van der Waals surface area (Å²) in [5, 5.41) is 7.74. The number of anilines is 1. The Labute approximate surface area is 129 Å². The lowest BCUT2D eigenvalue weighted by molar-refractivity contribution is 0.483. The third kappa shape index (κ3) is 4.10.